The molecule has 2 rings (SSSR count). The van der Waals surface area contributed by atoms with Crippen molar-refractivity contribution in [1.82, 2.24) is 20.2 Å². The van der Waals surface area contributed by atoms with Gasteiger partial charge in [-0.3, -0.25) is 19.7 Å². The summed E-state index contributed by atoms with van der Waals surface area (Å²) >= 11 is 0. The standard InChI is InChI=1S/C10H13N5O5/c11-6(18)2-5(17)4(16)1-3-7-8(15-14-3)9(19)13-10(20)12-7/h4-5,16-17H,1-2H2,(H2,11,18)(H,14,15)(H2,12,13,19,20)/t4-,5+/m0/s1. The molecule has 2 atom stereocenters. The Hall–Kier alpha value is -2.46. The molecule has 0 radical (unpaired) electrons. The van der Waals surface area contributed by atoms with Gasteiger partial charge in [-0.15, -0.1) is 0 Å². The third kappa shape index (κ3) is 2.75. The number of amides is 1. The highest BCUT2D eigenvalue weighted by Gasteiger charge is 2.21. The lowest BCUT2D eigenvalue weighted by molar-refractivity contribution is -0.121. The molecule has 108 valence electrons. The smallest absolute Gasteiger partial charge is 0.326 e. The van der Waals surface area contributed by atoms with E-state index in [9.17, 15) is 24.6 Å². The molecule has 0 spiro atoms. The number of hydrogen-bond acceptors (Lipinski definition) is 6. The van der Waals surface area contributed by atoms with Gasteiger partial charge in [-0.25, -0.2) is 4.79 Å². The molecule has 0 unspecified atom stereocenters. The minimum Gasteiger partial charge on any atom is -0.390 e. The summed E-state index contributed by atoms with van der Waals surface area (Å²) < 4.78 is 0. The highest BCUT2D eigenvalue weighted by molar-refractivity contribution is 5.75. The van der Waals surface area contributed by atoms with Crippen LogP contribution in [-0.2, 0) is 11.2 Å². The van der Waals surface area contributed by atoms with E-state index in [0.29, 0.717) is 0 Å². The number of carbonyl (C=O) groups excluding carboxylic acids is 1. The predicted molar refractivity (Wildman–Crippen MR) is 66.9 cm³/mol. The molecule has 0 fully saturated rings. The summed E-state index contributed by atoms with van der Waals surface area (Å²) in [6.45, 7) is 0. The zero-order valence-corrected chi connectivity index (χ0v) is 10.2. The van der Waals surface area contributed by atoms with Gasteiger partial charge in [-0.05, 0) is 0 Å². The molecule has 7 N–H and O–H groups in total. The molecule has 0 bridgehead atoms. The Morgan fingerprint density at radius 1 is 1.25 bits per heavy atom. The second kappa shape index (κ2) is 5.27. The molecule has 0 aliphatic carbocycles. The highest BCUT2D eigenvalue weighted by Crippen LogP contribution is 2.12. The van der Waals surface area contributed by atoms with Crippen molar-refractivity contribution in [3.63, 3.8) is 0 Å². The minimum atomic E-state index is -1.35. The van der Waals surface area contributed by atoms with Gasteiger partial charge in [0, 0.05) is 6.42 Å². The van der Waals surface area contributed by atoms with Gasteiger partial charge in [0.1, 0.15) is 0 Å². The molecule has 0 aliphatic heterocycles. The van der Waals surface area contributed by atoms with Crippen molar-refractivity contribution in [2.24, 2.45) is 5.73 Å². The normalized spacial score (nSPS) is 14.3. The fraction of sp³-hybridized carbons (Fsp3) is 0.400. The first-order valence-corrected chi connectivity index (χ1v) is 5.72. The van der Waals surface area contributed by atoms with Crippen molar-refractivity contribution in [2.45, 2.75) is 25.0 Å². The monoisotopic (exact) mass is 283 g/mol. The second-order valence-corrected chi connectivity index (χ2v) is 4.34. The molecule has 20 heavy (non-hydrogen) atoms. The number of nitrogens with two attached hydrogens (primary N) is 1. The number of nitrogens with zero attached hydrogens (tertiary/aromatic N) is 1. The molecule has 2 aromatic rings. The van der Waals surface area contributed by atoms with E-state index in [2.05, 4.69) is 15.2 Å². The molecular formula is C10H13N5O5. The number of rotatable bonds is 5. The maximum absolute atomic E-state index is 11.4. The van der Waals surface area contributed by atoms with Crippen molar-refractivity contribution in [3.05, 3.63) is 26.5 Å². The summed E-state index contributed by atoms with van der Waals surface area (Å²) in [5, 5.41) is 25.5. The molecule has 10 heteroatoms. The number of carbonyl (C=O) groups is 1. The number of primary amides is 1. The van der Waals surface area contributed by atoms with Gasteiger partial charge in [0.05, 0.1) is 29.8 Å². The van der Waals surface area contributed by atoms with Gasteiger partial charge in [0.25, 0.3) is 5.56 Å². The summed E-state index contributed by atoms with van der Waals surface area (Å²) in [6.07, 6.45) is -3.18. The summed E-state index contributed by atoms with van der Waals surface area (Å²) in [4.78, 5) is 37.7. The first kappa shape index (κ1) is 14.0. The van der Waals surface area contributed by atoms with Crippen LogP contribution < -0.4 is 17.0 Å². The Bertz CT molecular complexity index is 744. The van der Waals surface area contributed by atoms with E-state index in [0.717, 1.165) is 0 Å². The third-order valence-electron chi connectivity index (χ3n) is 2.79. The van der Waals surface area contributed by atoms with E-state index < -0.39 is 35.8 Å². The first-order valence-electron chi connectivity index (χ1n) is 5.72. The Balaban J connectivity index is 2.28. The molecule has 1 amide bonds. The zero-order valence-electron chi connectivity index (χ0n) is 10.2. The average Bonchev–Trinajstić information content (AvgIpc) is 2.71. The molecule has 0 saturated carbocycles. The topological polar surface area (TPSA) is 178 Å². The number of hydrogen-bond donors (Lipinski definition) is 6. The highest BCUT2D eigenvalue weighted by atomic mass is 16.3. The summed E-state index contributed by atoms with van der Waals surface area (Å²) in [5.41, 5.74) is 3.92. The number of nitrogens with one attached hydrogen (secondary N) is 3. The Morgan fingerprint density at radius 3 is 2.60 bits per heavy atom. The summed E-state index contributed by atoms with van der Waals surface area (Å²) in [5.74, 6) is -0.754. The molecule has 0 saturated heterocycles. The van der Waals surface area contributed by atoms with Crippen LogP contribution in [0.1, 0.15) is 12.1 Å². The SMILES string of the molecule is NC(=O)C[C@@H](O)[C@@H](O)Cc1[nH]nc2c(=O)[nH]c(=O)[nH]c12. The van der Waals surface area contributed by atoms with Gasteiger partial charge in [-0.2, -0.15) is 5.10 Å². The molecule has 2 heterocycles. The average molecular weight is 283 g/mol. The van der Waals surface area contributed by atoms with Crippen molar-refractivity contribution < 1.29 is 15.0 Å². The van der Waals surface area contributed by atoms with E-state index in [4.69, 9.17) is 5.73 Å². The molecule has 0 aliphatic rings. The van der Waals surface area contributed by atoms with E-state index in [1.54, 1.807) is 0 Å². The number of fused-ring (bicyclic) bond motifs is 1. The van der Waals surface area contributed by atoms with E-state index in [1.807, 2.05) is 4.98 Å². The Morgan fingerprint density at radius 2 is 1.95 bits per heavy atom. The van der Waals surface area contributed by atoms with E-state index >= 15 is 0 Å². The minimum absolute atomic E-state index is 0.0174. The van der Waals surface area contributed by atoms with Crippen LogP contribution in [0.25, 0.3) is 11.0 Å². The van der Waals surface area contributed by atoms with Crippen LogP contribution in [0.3, 0.4) is 0 Å². The number of aliphatic hydroxyl groups excluding tert-OH is 2. The quantitative estimate of drug-likeness (QED) is 0.342. The van der Waals surface area contributed by atoms with Crippen LogP contribution in [0, 0.1) is 0 Å². The van der Waals surface area contributed by atoms with Crippen LogP contribution >= 0.6 is 0 Å². The first-order chi connectivity index (χ1) is 9.38. The third-order valence-corrected chi connectivity index (χ3v) is 2.79. The van der Waals surface area contributed by atoms with Gasteiger partial charge in [-0.1, -0.05) is 0 Å². The zero-order chi connectivity index (χ0) is 14.9. The Labute approximate surface area is 110 Å². The summed E-state index contributed by atoms with van der Waals surface area (Å²) in [7, 11) is 0. The van der Waals surface area contributed by atoms with E-state index in [1.165, 1.54) is 0 Å². The van der Waals surface area contributed by atoms with E-state index in [-0.39, 0.29) is 23.1 Å². The molecule has 0 aromatic carbocycles. The van der Waals surface area contributed by atoms with Crippen molar-refractivity contribution in [2.75, 3.05) is 0 Å². The fourth-order valence-corrected chi connectivity index (χ4v) is 1.82. The van der Waals surface area contributed by atoms with Gasteiger partial charge >= 0.3 is 5.69 Å². The number of aromatic amines is 3. The predicted octanol–water partition coefficient (Wildman–Crippen LogP) is -2.92. The lowest BCUT2D eigenvalue weighted by atomic mass is 10.1. The molecular weight excluding hydrogens is 270 g/mol. The van der Waals surface area contributed by atoms with Gasteiger partial charge in [0.2, 0.25) is 5.91 Å². The van der Waals surface area contributed by atoms with Crippen molar-refractivity contribution in [3.8, 4) is 0 Å². The summed E-state index contributed by atoms with van der Waals surface area (Å²) in [6, 6.07) is 0. The van der Waals surface area contributed by atoms with Crippen LogP contribution in [0.15, 0.2) is 9.59 Å². The number of H-pyrrole nitrogens is 3. The molecule has 10 nitrogen and oxygen atoms in total. The lowest BCUT2D eigenvalue weighted by Gasteiger charge is -2.15. The van der Waals surface area contributed by atoms with Crippen molar-refractivity contribution >= 4 is 16.9 Å². The number of aliphatic hydroxyl groups is 2. The Kier molecular flexibility index (Phi) is 3.68. The van der Waals surface area contributed by atoms with Crippen LogP contribution in [-0.4, -0.2) is 48.5 Å². The largest absolute Gasteiger partial charge is 0.390 e. The van der Waals surface area contributed by atoms with Gasteiger partial charge < -0.3 is 20.9 Å². The fourth-order valence-electron chi connectivity index (χ4n) is 1.82. The van der Waals surface area contributed by atoms with Gasteiger partial charge in [0.15, 0.2) is 5.52 Å². The number of aromatic nitrogens is 4. The van der Waals surface area contributed by atoms with Crippen molar-refractivity contribution in [1.29, 1.82) is 0 Å². The van der Waals surface area contributed by atoms with Crippen LogP contribution in [0.2, 0.25) is 0 Å². The van der Waals surface area contributed by atoms with Crippen LogP contribution in [0.4, 0.5) is 0 Å². The molecule has 2 aromatic heterocycles. The maximum Gasteiger partial charge on any atom is 0.326 e. The second-order valence-electron chi connectivity index (χ2n) is 4.34. The van der Waals surface area contributed by atoms with Crippen LogP contribution in [0.5, 0.6) is 0 Å². The lowest BCUT2D eigenvalue weighted by Crippen LogP contribution is -2.32. The maximum atomic E-state index is 11.4.